The van der Waals surface area contributed by atoms with Crippen LogP contribution in [0.1, 0.15) is 102 Å². The summed E-state index contributed by atoms with van der Waals surface area (Å²) < 4.78 is 5.32. The fourth-order valence-electron chi connectivity index (χ4n) is 4.01. The van der Waals surface area contributed by atoms with Crippen LogP contribution in [-0.2, 0) is 4.74 Å². The molecular formula is C22H29NO4. The van der Waals surface area contributed by atoms with Crippen LogP contribution >= 0.6 is 0 Å². The third-order valence-corrected chi connectivity index (χ3v) is 5.57. The SMILES string of the molecule is CCCCCCCOC(=O)c1ccc2c(c1)C(=O)N(C1CCCCC1)C2=O. The quantitative estimate of drug-likeness (QED) is 0.376. The highest BCUT2D eigenvalue weighted by molar-refractivity contribution is 6.22. The van der Waals surface area contributed by atoms with E-state index in [1.54, 1.807) is 12.1 Å². The lowest BCUT2D eigenvalue weighted by molar-refractivity contribution is 0.0496. The van der Waals surface area contributed by atoms with E-state index in [1.165, 1.54) is 23.8 Å². The van der Waals surface area contributed by atoms with Crippen LogP contribution in [0.15, 0.2) is 18.2 Å². The van der Waals surface area contributed by atoms with Gasteiger partial charge in [0.25, 0.3) is 11.8 Å². The van der Waals surface area contributed by atoms with Crippen molar-refractivity contribution in [1.29, 1.82) is 0 Å². The zero-order chi connectivity index (χ0) is 19.2. The number of nitrogens with zero attached hydrogens (tertiary/aromatic N) is 1. The van der Waals surface area contributed by atoms with Crippen molar-refractivity contribution in [2.75, 3.05) is 6.61 Å². The number of hydrogen-bond acceptors (Lipinski definition) is 4. The van der Waals surface area contributed by atoms with Crippen LogP contribution in [0.5, 0.6) is 0 Å². The summed E-state index contributed by atoms with van der Waals surface area (Å²) in [6.07, 6.45) is 10.4. The van der Waals surface area contributed by atoms with Gasteiger partial charge in [-0.3, -0.25) is 14.5 Å². The number of carbonyl (C=O) groups excluding carboxylic acids is 3. The van der Waals surface area contributed by atoms with Crippen molar-refractivity contribution in [3.8, 4) is 0 Å². The van der Waals surface area contributed by atoms with Crippen LogP contribution in [0.25, 0.3) is 0 Å². The second kappa shape index (κ2) is 9.16. The Kier molecular flexibility index (Phi) is 6.64. The lowest BCUT2D eigenvalue weighted by Crippen LogP contribution is -2.40. The van der Waals surface area contributed by atoms with Crippen LogP contribution in [0, 0.1) is 0 Å². The van der Waals surface area contributed by atoms with Gasteiger partial charge in [-0.1, -0.05) is 51.9 Å². The van der Waals surface area contributed by atoms with Crippen LogP contribution in [0.3, 0.4) is 0 Å². The molecule has 5 heteroatoms. The predicted octanol–water partition coefficient (Wildman–Crippen LogP) is 4.74. The van der Waals surface area contributed by atoms with Gasteiger partial charge < -0.3 is 4.74 Å². The van der Waals surface area contributed by atoms with Crippen molar-refractivity contribution in [1.82, 2.24) is 4.90 Å². The van der Waals surface area contributed by atoms with E-state index in [0.717, 1.165) is 51.4 Å². The van der Waals surface area contributed by atoms with Crippen LogP contribution in [-0.4, -0.2) is 35.3 Å². The molecule has 1 fully saturated rings. The molecule has 0 aromatic heterocycles. The molecule has 1 saturated carbocycles. The summed E-state index contributed by atoms with van der Waals surface area (Å²) in [5, 5.41) is 0. The molecule has 0 N–H and O–H groups in total. The number of benzene rings is 1. The number of carbonyl (C=O) groups is 3. The summed E-state index contributed by atoms with van der Waals surface area (Å²) in [7, 11) is 0. The van der Waals surface area contributed by atoms with Crippen molar-refractivity contribution in [3.05, 3.63) is 34.9 Å². The number of hydrogen-bond donors (Lipinski definition) is 0. The zero-order valence-corrected chi connectivity index (χ0v) is 16.2. The van der Waals surface area contributed by atoms with E-state index in [1.807, 2.05) is 0 Å². The second-order valence-corrected chi connectivity index (χ2v) is 7.58. The van der Waals surface area contributed by atoms with Crippen molar-refractivity contribution in [2.24, 2.45) is 0 Å². The minimum atomic E-state index is -0.426. The van der Waals surface area contributed by atoms with Gasteiger partial charge in [-0.15, -0.1) is 0 Å². The van der Waals surface area contributed by atoms with E-state index >= 15 is 0 Å². The van der Waals surface area contributed by atoms with Gasteiger partial charge in [-0.2, -0.15) is 0 Å². The third kappa shape index (κ3) is 4.40. The molecule has 27 heavy (non-hydrogen) atoms. The standard InChI is InChI=1S/C22H29NO4/c1-2-3-4-5-9-14-27-22(26)16-12-13-18-19(15-16)21(25)23(20(18)24)17-10-7-6-8-11-17/h12-13,15,17H,2-11,14H2,1H3. The molecule has 0 bridgehead atoms. The Hall–Kier alpha value is -2.17. The van der Waals surface area contributed by atoms with E-state index < -0.39 is 5.97 Å². The van der Waals surface area contributed by atoms with Crippen molar-refractivity contribution < 1.29 is 19.1 Å². The summed E-state index contributed by atoms with van der Waals surface area (Å²) in [4.78, 5) is 39.2. The maximum atomic E-state index is 12.8. The molecule has 2 amide bonds. The van der Waals surface area contributed by atoms with Gasteiger partial charge in [-0.05, 0) is 37.5 Å². The number of rotatable bonds is 8. The highest BCUT2D eigenvalue weighted by atomic mass is 16.5. The molecule has 146 valence electrons. The van der Waals surface area contributed by atoms with Gasteiger partial charge in [0, 0.05) is 6.04 Å². The van der Waals surface area contributed by atoms with E-state index in [2.05, 4.69) is 6.92 Å². The summed E-state index contributed by atoms with van der Waals surface area (Å²) in [5.74, 6) is -0.918. The first-order chi connectivity index (χ1) is 13.1. The molecule has 1 aromatic rings. The topological polar surface area (TPSA) is 63.7 Å². The number of imide groups is 1. The Labute approximate surface area is 161 Å². The smallest absolute Gasteiger partial charge is 0.338 e. The molecule has 3 rings (SSSR count). The summed E-state index contributed by atoms with van der Waals surface area (Å²) in [6, 6.07) is 4.70. The van der Waals surface area contributed by atoms with Crippen molar-refractivity contribution in [2.45, 2.75) is 77.2 Å². The normalized spacial score (nSPS) is 17.3. The maximum Gasteiger partial charge on any atom is 0.338 e. The first-order valence-corrected chi connectivity index (χ1v) is 10.3. The first kappa shape index (κ1) is 19.6. The summed E-state index contributed by atoms with van der Waals surface area (Å²) in [6.45, 7) is 2.55. The highest BCUT2D eigenvalue weighted by Gasteiger charge is 2.40. The molecule has 1 heterocycles. The molecule has 0 saturated heterocycles. The molecule has 0 unspecified atom stereocenters. The minimum Gasteiger partial charge on any atom is -0.462 e. The Morgan fingerprint density at radius 3 is 2.44 bits per heavy atom. The van der Waals surface area contributed by atoms with Gasteiger partial charge in [0.05, 0.1) is 23.3 Å². The number of amides is 2. The van der Waals surface area contributed by atoms with E-state index in [9.17, 15) is 14.4 Å². The Balaban J connectivity index is 1.62. The van der Waals surface area contributed by atoms with Gasteiger partial charge in [-0.25, -0.2) is 4.79 Å². The van der Waals surface area contributed by atoms with E-state index in [0.29, 0.717) is 23.3 Å². The average molecular weight is 371 g/mol. The Morgan fingerprint density at radius 1 is 1.00 bits per heavy atom. The Bertz CT molecular complexity index is 706. The van der Waals surface area contributed by atoms with Gasteiger partial charge in [0.1, 0.15) is 0 Å². The van der Waals surface area contributed by atoms with Gasteiger partial charge >= 0.3 is 5.97 Å². The first-order valence-electron chi connectivity index (χ1n) is 10.3. The molecule has 5 nitrogen and oxygen atoms in total. The van der Waals surface area contributed by atoms with E-state index in [-0.39, 0.29) is 17.9 Å². The summed E-state index contributed by atoms with van der Waals surface area (Å²) in [5.41, 5.74) is 1.08. The molecule has 0 radical (unpaired) electrons. The largest absolute Gasteiger partial charge is 0.462 e. The maximum absolute atomic E-state index is 12.8. The van der Waals surface area contributed by atoms with E-state index in [4.69, 9.17) is 4.74 Å². The number of fused-ring (bicyclic) bond motifs is 1. The number of unbranched alkanes of at least 4 members (excludes halogenated alkanes) is 4. The van der Waals surface area contributed by atoms with Crippen LogP contribution < -0.4 is 0 Å². The predicted molar refractivity (Wildman–Crippen MR) is 103 cm³/mol. The monoisotopic (exact) mass is 371 g/mol. The third-order valence-electron chi connectivity index (χ3n) is 5.57. The fraction of sp³-hybridized carbons (Fsp3) is 0.591. The number of esters is 1. The zero-order valence-electron chi connectivity index (χ0n) is 16.2. The lowest BCUT2D eigenvalue weighted by atomic mass is 9.94. The van der Waals surface area contributed by atoms with Crippen LogP contribution in [0.2, 0.25) is 0 Å². The number of ether oxygens (including phenoxy) is 1. The Morgan fingerprint density at radius 2 is 1.70 bits per heavy atom. The minimum absolute atomic E-state index is 0.00956. The second-order valence-electron chi connectivity index (χ2n) is 7.58. The molecule has 1 aliphatic heterocycles. The molecule has 2 aliphatic rings. The molecule has 1 aliphatic carbocycles. The molecule has 1 aromatic carbocycles. The van der Waals surface area contributed by atoms with Gasteiger partial charge in [0.2, 0.25) is 0 Å². The fourth-order valence-corrected chi connectivity index (χ4v) is 4.01. The highest BCUT2D eigenvalue weighted by Crippen LogP contribution is 2.31. The molecule has 0 spiro atoms. The lowest BCUT2D eigenvalue weighted by Gasteiger charge is -2.29. The van der Waals surface area contributed by atoms with Crippen LogP contribution in [0.4, 0.5) is 0 Å². The average Bonchev–Trinajstić information content (AvgIpc) is 2.95. The molecular weight excluding hydrogens is 342 g/mol. The van der Waals surface area contributed by atoms with Gasteiger partial charge in [0.15, 0.2) is 0 Å². The summed E-state index contributed by atoms with van der Waals surface area (Å²) >= 11 is 0. The molecule has 0 atom stereocenters. The van der Waals surface area contributed by atoms with Crippen molar-refractivity contribution in [3.63, 3.8) is 0 Å². The van der Waals surface area contributed by atoms with Crippen molar-refractivity contribution >= 4 is 17.8 Å².